The fourth-order valence-electron chi connectivity index (χ4n) is 1.32. The largest absolute Gasteiger partial charge is 0.378 e. The Kier molecular flexibility index (Phi) is 3.10. The Labute approximate surface area is 99.0 Å². The molecule has 7 heteroatoms. The minimum atomic E-state index is -3.13. The molecule has 0 atom stereocenters. The second-order valence-corrected chi connectivity index (χ2v) is 5.60. The first kappa shape index (κ1) is 11.6. The molecule has 17 heavy (non-hydrogen) atoms. The predicted octanol–water partition coefficient (Wildman–Crippen LogP) is 0.820. The molecule has 0 unspecified atom stereocenters. The van der Waals surface area contributed by atoms with E-state index in [0.29, 0.717) is 11.4 Å². The molecule has 0 saturated heterocycles. The van der Waals surface area contributed by atoms with Gasteiger partial charge in [0.15, 0.2) is 9.84 Å². The van der Waals surface area contributed by atoms with Crippen molar-refractivity contribution in [3.63, 3.8) is 0 Å². The van der Waals surface area contributed by atoms with E-state index in [-0.39, 0.29) is 0 Å². The molecule has 0 saturated carbocycles. The number of hydrogen-bond donors (Lipinski definition) is 2. The number of rotatable bonds is 4. The van der Waals surface area contributed by atoms with Crippen LogP contribution in [0.25, 0.3) is 0 Å². The van der Waals surface area contributed by atoms with Gasteiger partial charge in [0.2, 0.25) is 0 Å². The van der Waals surface area contributed by atoms with Gasteiger partial charge in [0.05, 0.1) is 11.4 Å². The Balaban J connectivity index is 2.04. The summed E-state index contributed by atoms with van der Waals surface area (Å²) >= 11 is 0. The first-order valence-corrected chi connectivity index (χ1v) is 6.83. The number of H-pyrrole nitrogens is 1. The molecule has 0 bridgehead atoms. The quantitative estimate of drug-likeness (QED) is 0.841. The van der Waals surface area contributed by atoms with Crippen LogP contribution in [-0.2, 0) is 16.4 Å². The topological polar surface area (TPSA) is 87.7 Å². The van der Waals surface area contributed by atoms with Crippen molar-refractivity contribution < 1.29 is 8.42 Å². The molecule has 2 aromatic rings. The van der Waals surface area contributed by atoms with Crippen LogP contribution in [0.1, 0.15) is 5.82 Å². The molecule has 0 aliphatic carbocycles. The fraction of sp³-hybridized carbons (Fsp3) is 0.200. The average molecular weight is 252 g/mol. The summed E-state index contributed by atoms with van der Waals surface area (Å²) in [7, 11) is -3.13. The third-order valence-electron chi connectivity index (χ3n) is 2.21. The lowest BCUT2D eigenvalue weighted by Crippen LogP contribution is -2.02. The summed E-state index contributed by atoms with van der Waals surface area (Å²) in [6, 6.07) is 6.57. The number of hydrogen-bond acceptors (Lipinski definition) is 5. The molecule has 0 radical (unpaired) electrons. The summed E-state index contributed by atoms with van der Waals surface area (Å²) in [4.78, 5) is 4.27. The second kappa shape index (κ2) is 4.54. The average Bonchev–Trinajstić information content (AvgIpc) is 2.78. The van der Waals surface area contributed by atoms with E-state index in [1.54, 1.807) is 24.3 Å². The lowest BCUT2D eigenvalue weighted by atomic mass is 10.3. The predicted molar refractivity (Wildman–Crippen MR) is 63.3 cm³/mol. The molecule has 90 valence electrons. The van der Waals surface area contributed by atoms with Gasteiger partial charge in [0, 0.05) is 11.9 Å². The van der Waals surface area contributed by atoms with Crippen LogP contribution in [0.4, 0.5) is 5.69 Å². The molecule has 0 fully saturated rings. The van der Waals surface area contributed by atoms with Gasteiger partial charge in [-0.15, -0.1) is 0 Å². The van der Waals surface area contributed by atoms with Crippen molar-refractivity contribution in [1.29, 1.82) is 0 Å². The highest BCUT2D eigenvalue weighted by Crippen LogP contribution is 2.14. The first-order valence-electron chi connectivity index (χ1n) is 4.94. The molecule has 0 spiro atoms. The van der Waals surface area contributed by atoms with E-state index in [4.69, 9.17) is 0 Å². The van der Waals surface area contributed by atoms with Gasteiger partial charge in [0.1, 0.15) is 12.2 Å². The van der Waals surface area contributed by atoms with E-state index in [2.05, 4.69) is 20.5 Å². The van der Waals surface area contributed by atoms with Crippen molar-refractivity contribution in [3.8, 4) is 0 Å². The van der Waals surface area contributed by atoms with Crippen LogP contribution < -0.4 is 5.32 Å². The zero-order valence-electron chi connectivity index (χ0n) is 9.21. The van der Waals surface area contributed by atoms with E-state index in [0.717, 1.165) is 11.5 Å². The summed E-state index contributed by atoms with van der Waals surface area (Å²) in [5, 5.41) is 9.55. The van der Waals surface area contributed by atoms with Gasteiger partial charge in [-0.1, -0.05) is 0 Å². The Morgan fingerprint density at radius 2 is 2.00 bits per heavy atom. The third kappa shape index (κ3) is 3.04. The number of anilines is 1. The van der Waals surface area contributed by atoms with Gasteiger partial charge in [-0.2, -0.15) is 5.10 Å². The molecule has 6 nitrogen and oxygen atoms in total. The zero-order chi connectivity index (χ0) is 12.3. The van der Waals surface area contributed by atoms with Gasteiger partial charge < -0.3 is 5.32 Å². The Bertz CT molecular complexity index is 575. The lowest BCUT2D eigenvalue weighted by Gasteiger charge is -2.04. The molecule has 1 aromatic carbocycles. The van der Waals surface area contributed by atoms with Crippen molar-refractivity contribution in [1.82, 2.24) is 15.2 Å². The van der Waals surface area contributed by atoms with E-state index >= 15 is 0 Å². The number of aromatic nitrogens is 3. The fourth-order valence-corrected chi connectivity index (χ4v) is 1.95. The molecular formula is C10H12N4O2S. The van der Waals surface area contributed by atoms with Gasteiger partial charge in [0.25, 0.3) is 0 Å². The van der Waals surface area contributed by atoms with Crippen LogP contribution in [-0.4, -0.2) is 29.9 Å². The minimum Gasteiger partial charge on any atom is -0.378 e. The van der Waals surface area contributed by atoms with Crippen LogP contribution >= 0.6 is 0 Å². The standard InChI is InChI=1S/C10H12N4O2S/c1-17(15,16)9-4-2-8(3-5-9)11-6-10-12-7-13-14-10/h2-5,7,11H,6H2,1H3,(H,12,13,14). The second-order valence-electron chi connectivity index (χ2n) is 3.58. The van der Waals surface area contributed by atoms with E-state index in [1.807, 2.05) is 0 Å². The molecular weight excluding hydrogens is 240 g/mol. The zero-order valence-corrected chi connectivity index (χ0v) is 10.0. The van der Waals surface area contributed by atoms with Crippen LogP contribution in [0.2, 0.25) is 0 Å². The number of aromatic amines is 1. The maximum Gasteiger partial charge on any atom is 0.175 e. The van der Waals surface area contributed by atoms with Crippen molar-refractivity contribution >= 4 is 15.5 Å². The monoisotopic (exact) mass is 252 g/mol. The Morgan fingerprint density at radius 1 is 1.29 bits per heavy atom. The van der Waals surface area contributed by atoms with Crippen LogP contribution in [0.3, 0.4) is 0 Å². The Morgan fingerprint density at radius 3 is 2.53 bits per heavy atom. The van der Waals surface area contributed by atoms with Crippen molar-refractivity contribution in [2.75, 3.05) is 11.6 Å². The number of nitrogens with zero attached hydrogens (tertiary/aromatic N) is 2. The SMILES string of the molecule is CS(=O)(=O)c1ccc(NCc2ncn[nH]2)cc1. The molecule has 2 N–H and O–H groups in total. The molecule has 2 rings (SSSR count). The summed E-state index contributed by atoms with van der Waals surface area (Å²) in [5.74, 6) is 0.720. The van der Waals surface area contributed by atoms with Gasteiger partial charge in [-0.3, -0.25) is 5.10 Å². The van der Waals surface area contributed by atoms with Crippen molar-refractivity contribution in [3.05, 3.63) is 36.4 Å². The van der Waals surface area contributed by atoms with E-state index in [9.17, 15) is 8.42 Å². The smallest absolute Gasteiger partial charge is 0.175 e. The Hall–Kier alpha value is -1.89. The normalized spacial score (nSPS) is 11.4. The highest BCUT2D eigenvalue weighted by molar-refractivity contribution is 7.90. The van der Waals surface area contributed by atoms with Crippen molar-refractivity contribution in [2.24, 2.45) is 0 Å². The summed E-state index contributed by atoms with van der Waals surface area (Å²) in [6.45, 7) is 0.512. The highest BCUT2D eigenvalue weighted by Gasteiger charge is 2.05. The number of sulfone groups is 1. The molecule has 0 aliphatic rings. The first-order chi connectivity index (χ1) is 8.05. The van der Waals surface area contributed by atoms with Gasteiger partial charge in [-0.25, -0.2) is 13.4 Å². The lowest BCUT2D eigenvalue weighted by molar-refractivity contribution is 0.602. The summed E-state index contributed by atoms with van der Waals surface area (Å²) < 4.78 is 22.5. The molecule has 0 amide bonds. The van der Waals surface area contributed by atoms with E-state index in [1.165, 1.54) is 12.6 Å². The molecule has 1 aromatic heterocycles. The number of benzene rings is 1. The van der Waals surface area contributed by atoms with Crippen LogP contribution in [0.15, 0.2) is 35.5 Å². The summed E-state index contributed by atoms with van der Waals surface area (Å²) in [6.07, 6.45) is 2.62. The van der Waals surface area contributed by atoms with Gasteiger partial charge >= 0.3 is 0 Å². The van der Waals surface area contributed by atoms with Gasteiger partial charge in [-0.05, 0) is 24.3 Å². The maximum atomic E-state index is 11.2. The van der Waals surface area contributed by atoms with Crippen LogP contribution in [0.5, 0.6) is 0 Å². The van der Waals surface area contributed by atoms with E-state index < -0.39 is 9.84 Å². The van der Waals surface area contributed by atoms with Crippen molar-refractivity contribution in [2.45, 2.75) is 11.4 Å². The summed E-state index contributed by atoms with van der Waals surface area (Å²) in [5.41, 5.74) is 0.828. The maximum absolute atomic E-state index is 11.2. The minimum absolute atomic E-state index is 0.308. The molecule has 0 aliphatic heterocycles. The number of nitrogens with one attached hydrogen (secondary N) is 2. The highest BCUT2D eigenvalue weighted by atomic mass is 32.2. The molecule has 1 heterocycles. The third-order valence-corrected chi connectivity index (χ3v) is 3.34. The van der Waals surface area contributed by atoms with Crippen LogP contribution in [0, 0.1) is 0 Å².